The third-order valence-electron chi connectivity index (χ3n) is 4.89. The van der Waals surface area contributed by atoms with Crippen LogP contribution in [0.3, 0.4) is 0 Å². The van der Waals surface area contributed by atoms with Crippen molar-refractivity contribution in [2.24, 2.45) is 0 Å². The van der Waals surface area contributed by atoms with E-state index in [9.17, 15) is 9.18 Å². The number of nitrogens with zero attached hydrogens (tertiary/aromatic N) is 3. The predicted octanol–water partition coefficient (Wildman–Crippen LogP) is 3.58. The topological polar surface area (TPSA) is 50.2 Å². The fourth-order valence-electron chi connectivity index (χ4n) is 3.56. The number of benzene rings is 2. The van der Waals surface area contributed by atoms with Crippen molar-refractivity contribution < 1.29 is 9.18 Å². The predicted molar refractivity (Wildman–Crippen MR) is 113 cm³/mol. The van der Waals surface area contributed by atoms with E-state index in [-0.39, 0.29) is 42.6 Å². The highest BCUT2D eigenvalue weighted by atomic mass is 35.5. The lowest BCUT2D eigenvalue weighted by Gasteiger charge is -2.36. The molecule has 1 aromatic heterocycles. The quantitative estimate of drug-likeness (QED) is 0.695. The van der Waals surface area contributed by atoms with Gasteiger partial charge in [0.25, 0.3) is 0 Å². The molecule has 1 unspecified atom stereocenters. The average molecular weight is 425 g/mol. The van der Waals surface area contributed by atoms with Crippen LogP contribution in [0.25, 0.3) is 11.0 Å². The van der Waals surface area contributed by atoms with Crippen molar-refractivity contribution in [3.63, 3.8) is 0 Å². The Labute approximate surface area is 175 Å². The third-order valence-corrected chi connectivity index (χ3v) is 4.89. The maximum Gasteiger partial charge on any atom is 0.224 e. The summed E-state index contributed by atoms with van der Waals surface area (Å²) in [7, 11) is 0. The third kappa shape index (κ3) is 4.63. The van der Waals surface area contributed by atoms with Crippen molar-refractivity contribution in [2.75, 3.05) is 19.6 Å². The van der Waals surface area contributed by atoms with Crippen LogP contribution in [0.1, 0.15) is 18.0 Å². The molecule has 1 saturated heterocycles. The SMILES string of the molecule is Cl.Cl.O=C(CCn1cnc2ccccc21)N1CCNCC1c1cccc(F)c1. The number of imidazole rings is 1. The summed E-state index contributed by atoms with van der Waals surface area (Å²) in [6.07, 6.45) is 2.17. The van der Waals surface area contributed by atoms with Crippen molar-refractivity contribution in [3.8, 4) is 0 Å². The smallest absolute Gasteiger partial charge is 0.224 e. The Kier molecular flexibility index (Phi) is 7.80. The zero-order valence-electron chi connectivity index (χ0n) is 15.3. The van der Waals surface area contributed by atoms with Gasteiger partial charge in [-0.2, -0.15) is 0 Å². The van der Waals surface area contributed by atoms with Crippen LogP contribution >= 0.6 is 24.8 Å². The van der Waals surface area contributed by atoms with E-state index < -0.39 is 0 Å². The van der Waals surface area contributed by atoms with Crippen molar-refractivity contribution in [3.05, 3.63) is 66.2 Å². The van der Waals surface area contributed by atoms with Gasteiger partial charge in [-0.3, -0.25) is 4.79 Å². The molecule has 0 radical (unpaired) electrons. The van der Waals surface area contributed by atoms with Crippen LogP contribution < -0.4 is 5.32 Å². The van der Waals surface area contributed by atoms with E-state index in [0.29, 0.717) is 26.1 Å². The Bertz CT molecular complexity index is 933. The summed E-state index contributed by atoms with van der Waals surface area (Å²) >= 11 is 0. The number of carbonyl (C=O) groups is 1. The van der Waals surface area contributed by atoms with Gasteiger partial charge >= 0.3 is 0 Å². The zero-order valence-corrected chi connectivity index (χ0v) is 16.9. The number of carbonyl (C=O) groups excluding carboxylic acids is 1. The number of hydrogen-bond donors (Lipinski definition) is 1. The van der Waals surface area contributed by atoms with Crippen molar-refractivity contribution in [1.29, 1.82) is 0 Å². The first-order chi connectivity index (χ1) is 12.7. The highest BCUT2D eigenvalue weighted by Crippen LogP contribution is 2.24. The zero-order chi connectivity index (χ0) is 17.9. The second-order valence-corrected chi connectivity index (χ2v) is 6.54. The number of nitrogens with one attached hydrogen (secondary N) is 1. The number of hydrogen-bond acceptors (Lipinski definition) is 3. The van der Waals surface area contributed by atoms with Crippen LogP contribution in [0, 0.1) is 5.82 Å². The molecule has 1 aliphatic heterocycles. The molecule has 8 heteroatoms. The first-order valence-corrected chi connectivity index (χ1v) is 8.88. The van der Waals surface area contributed by atoms with Crippen LogP contribution in [0.4, 0.5) is 4.39 Å². The summed E-state index contributed by atoms with van der Waals surface area (Å²) in [5.41, 5.74) is 2.79. The van der Waals surface area contributed by atoms with Gasteiger partial charge in [-0.05, 0) is 29.8 Å². The van der Waals surface area contributed by atoms with Gasteiger partial charge in [0.15, 0.2) is 0 Å². The van der Waals surface area contributed by atoms with Gasteiger partial charge in [0.05, 0.1) is 23.4 Å². The standard InChI is InChI=1S/C20H21FN4O.2ClH/c21-16-5-3-4-15(12-16)19-13-22-9-11-25(19)20(26)8-10-24-14-23-17-6-1-2-7-18(17)24;;/h1-7,12,14,19,22H,8-11,13H2;2*1H. The van der Waals surface area contributed by atoms with Gasteiger partial charge in [-0.1, -0.05) is 24.3 Å². The molecule has 0 aliphatic carbocycles. The molecule has 0 bridgehead atoms. The van der Waals surface area contributed by atoms with Crippen molar-refractivity contribution >= 4 is 41.8 Å². The van der Waals surface area contributed by atoms with Gasteiger partial charge in [0.2, 0.25) is 5.91 Å². The molecule has 1 atom stereocenters. The lowest BCUT2D eigenvalue weighted by Crippen LogP contribution is -2.48. The number of aryl methyl sites for hydroxylation is 1. The fourth-order valence-corrected chi connectivity index (χ4v) is 3.56. The second kappa shape index (κ2) is 9.87. The van der Waals surface area contributed by atoms with E-state index in [4.69, 9.17) is 0 Å². The summed E-state index contributed by atoms with van der Waals surface area (Å²) in [4.78, 5) is 19.1. The number of piperazine rings is 1. The second-order valence-electron chi connectivity index (χ2n) is 6.54. The Morgan fingerprint density at radius 3 is 2.82 bits per heavy atom. The number of fused-ring (bicyclic) bond motifs is 1. The molecule has 1 aliphatic rings. The largest absolute Gasteiger partial charge is 0.333 e. The highest BCUT2D eigenvalue weighted by molar-refractivity contribution is 5.85. The molecule has 28 heavy (non-hydrogen) atoms. The van der Waals surface area contributed by atoms with Crippen LogP contribution in [0.5, 0.6) is 0 Å². The lowest BCUT2D eigenvalue weighted by molar-refractivity contribution is -0.134. The number of amides is 1. The van der Waals surface area contributed by atoms with Gasteiger partial charge < -0.3 is 14.8 Å². The van der Waals surface area contributed by atoms with E-state index in [0.717, 1.165) is 23.1 Å². The first-order valence-electron chi connectivity index (χ1n) is 8.88. The Hall–Kier alpha value is -2.15. The normalized spacial score (nSPS) is 16.3. The molecule has 1 fully saturated rings. The van der Waals surface area contributed by atoms with Crippen LogP contribution in [0.15, 0.2) is 54.9 Å². The van der Waals surface area contributed by atoms with Crippen LogP contribution in [0.2, 0.25) is 0 Å². The summed E-state index contributed by atoms with van der Waals surface area (Å²) in [6, 6.07) is 14.3. The first kappa shape index (κ1) is 22.1. The molecule has 1 amide bonds. The van der Waals surface area contributed by atoms with E-state index in [1.807, 2.05) is 39.8 Å². The van der Waals surface area contributed by atoms with E-state index >= 15 is 0 Å². The summed E-state index contributed by atoms with van der Waals surface area (Å²) in [6.45, 7) is 2.61. The lowest BCUT2D eigenvalue weighted by atomic mass is 10.0. The van der Waals surface area contributed by atoms with Crippen molar-refractivity contribution in [1.82, 2.24) is 19.8 Å². The highest BCUT2D eigenvalue weighted by Gasteiger charge is 2.27. The fraction of sp³-hybridized carbons (Fsp3) is 0.300. The van der Waals surface area contributed by atoms with E-state index in [1.165, 1.54) is 12.1 Å². The molecule has 3 aromatic rings. The van der Waals surface area contributed by atoms with Gasteiger partial charge in [0, 0.05) is 32.6 Å². The number of para-hydroxylation sites is 2. The molecule has 4 rings (SSSR count). The number of aromatic nitrogens is 2. The van der Waals surface area contributed by atoms with E-state index in [2.05, 4.69) is 10.3 Å². The van der Waals surface area contributed by atoms with E-state index in [1.54, 1.807) is 12.4 Å². The number of halogens is 3. The Morgan fingerprint density at radius 2 is 2.00 bits per heavy atom. The van der Waals surface area contributed by atoms with Crippen LogP contribution in [-0.2, 0) is 11.3 Å². The molecular weight excluding hydrogens is 402 g/mol. The molecule has 5 nitrogen and oxygen atoms in total. The van der Waals surface area contributed by atoms with Crippen LogP contribution in [-0.4, -0.2) is 40.0 Å². The molecule has 0 spiro atoms. The molecule has 1 N–H and O–H groups in total. The average Bonchev–Trinajstić information content (AvgIpc) is 3.09. The minimum absolute atomic E-state index is 0. The van der Waals surface area contributed by atoms with Gasteiger partial charge in [-0.15, -0.1) is 24.8 Å². The Morgan fingerprint density at radius 1 is 1.18 bits per heavy atom. The van der Waals surface area contributed by atoms with Gasteiger partial charge in [-0.25, -0.2) is 9.37 Å². The summed E-state index contributed by atoms with van der Waals surface area (Å²) in [5.74, 6) is -0.191. The molecular formula is C20H23Cl2FN4O. The van der Waals surface area contributed by atoms with Crippen molar-refractivity contribution in [2.45, 2.75) is 19.0 Å². The minimum Gasteiger partial charge on any atom is -0.333 e. The maximum atomic E-state index is 13.6. The minimum atomic E-state index is -0.273. The monoisotopic (exact) mass is 424 g/mol. The number of rotatable bonds is 4. The Balaban J connectivity index is 0.00000140. The summed E-state index contributed by atoms with van der Waals surface area (Å²) in [5, 5.41) is 3.30. The molecule has 0 saturated carbocycles. The summed E-state index contributed by atoms with van der Waals surface area (Å²) < 4.78 is 15.6. The molecule has 2 heterocycles. The van der Waals surface area contributed by atoms with Gasteiger partial charge in [0.1, 0.15) is 5.82 Å². The molecule has 150 valence electrons. The molecule has 2 aromatic carbocycles. The maximum absolute atomic E-state index is 13.6.